The third-order valence-corrected chi connectivity index (χ3v) is 4.33. The van der Waals surface area contributed by atoms with Crippen LogP contribution >= 0.6 is 0 Å². The largest absolute Gasteiger partial charge is 0.480 e. The summed E-state index contributed by atoms with van der Waals surface area (Å²) < 4.78 is 5.42. The number of carbonyl (C=O) groups is 2. The summed E-state index contributed by atoms with van der Waals surface area (Å²) in [4.78, 5) is 36.0. The lowest BCUT2D eigenvalue weighted by atomic mass is 10.1. The van der Waals surface area contributed by atoms with Crippen LogP contribution in [0.1, 0.15) is 32.0 Å². The number of amides is 1. The quantitative estimate of drug-likeness (QED) is 0.788. The van der Waals surface area contributed by atoms with Gasteiger partial charge in [0.15, 0.2) is 0 Å². The van der Waals surface area contributed by atoms with Crippen molar-refractivity contribution >= 4 is 18.0 Å². The van der Waals surface area contributed by atoms with Crippen LogP contribution in [0.25, 0.3) is 0 Å². The Labute approximate surface area is 152 Å². The van der Waals surface area contributed by atoms with Gasteiger partial charge in [0.1, 0.15) is 11.6 Å². The second-order valence-corrected chi connectivity index (χ2v) is 7.58. The van der Waals surface area contributed by atoms with Crippen molar-refractivity contribution in [2.45, 2.75) is 45.4 Å². The minimum Gasteiger partial charge on any atom is -0.480 e. The van der Waals surface area contributed by atoms with Gasteiger partial charge in [-0.15, -0.1) is 0 Å². The Hall–Kier alpha value is -2.42. The van der Waals surface area contributed by atoms with Crippen LogP contribution in [0.4, 0.5) is 10.7 Å². The summed E-state index contributed by atoms with van der Waals surface area (Å²) in [6.45, 7) is 8.05. The number of aromatic nitrogens is 2. The number of ether oxygens (including phenoxy) is 1. The fraction of sp³-hybridized carbons (Fsp3) is 0.647. The number of hydrogen-bond donors (Lipinski definition) is 2. The van der Waals surface area contributed by atoms with E-state index in [0.29, 0.717) is 45.1 Å². The fourth-order valence-corrected chi connectivity index (χ4v) is 3.04. The summed E-state index contributed by atoms with van der Waals surface area (Å²) in [5.74, 6) is -0.331. The first-order valence-corrected chi connectivity index (χ1v) is 8.77. The van der Waals surface area contributed by atoms with Gasteiger partial charge in [0, 0.05) is 44.4 Å². The van der Waals surface area contributed by atoms with Gasteiger partial charge in [-0.3, -0.25) is 4.79 Å². The summed E-state index contributed by atoms with van der Waals surface area (Å²) in [6, 6.07) is -0.619. The SMILES string of the molecule is CC(C)(C)OC(=O)N1CCc2nc(N3CCN[C@H](C(=O)O)C3)ncc2C1. The second-order valence-electron chi connectivity index (χ2n) is 7.58. The molecule has 0 aromatic carbocycles. The van der Waals surface area contributed by atoms with E-state index in [9.17, 15) is 14.7 Å². The summed E-state index contributed by atoms with van der Waals surface area (Å²) in [5, 5.41) is 12.1. The molecule has 26 heavy (non-hydrogen) atoms. The van der Waals surface area contributed by atoms with Crippen LogP contribution in [0.3, 0.4) is 0 Å². The van der Waals surface area contributed by atoms with E-state index in [4.69, 9.17) is 4.74 Å². The summed E-state index contributed by atoms with van der Waals surface area (Å²) in [6.07, 6.45) is 2.02. The van der Waals surface area contributed by atoms with E-state index in [-0.39, 0.29) is 6.09 Å². The van der Waals surface area contributed by atoms with E-state index < -0.39 is 17.6 Å². The molecule has 0 bridgehead atoms. The molecule has 3 rings (SSSR count). The minimum absolute atomic E-state index is 0.332. The van der Waals surface area contributed by atoms with Gasteiger partial charge < -0.3 is 25.0 Å². The number of fused-ring (bicyclic) bond motifs is 1. The molecule has 0 saturated carbocycles. The highest BCUT2D eigenvalue weighted by Gasteiger charge is 2.29. The van der Waals surface area contributed by atoms with Crippen LogP contribution in [0, 0.1) is 0 Å². The molecule has 1 amide bonds. The number of carboxylic acid groups (broad SMARTS) is 1. The first-order valence-electron chi connectivity index (χ1n) is 8.77. The van der Waals surface area contributed by atoms with E-state index in [2.05, 4.69) is 15.3 Å². The van der Waals surface area contributed by atoms with Crippen LogP contribution in [0.5, 0.6) is 0 Å². The lowest BCUT2D eigenvalue weighted by Crippen LogP contribution is -2.54. The smallest absolute Gasteiger partial charge is 0.410 e. The Bertz CT molecular complexity index is 703. The molecule has 3 heterocycles. The molecule has 2 N–H and O–H groups in total. The van der Waals surface area contributed by atoms with Crippen LogP contribution < -0.4 is 10.2 Å². The number of hydrogen-bond acceptors (Lipinski definition) is 7. The van der Waals surface area contributed by atoms with Gasteiger partial charge in [0.25, 0.3) is 0 Å². The second kappa shape index (κ2) is 7.06. The zero-order valence-electron chi connectivity index (χ0n) is 15.4. The van der Waals surface area contributed by atoms with Gasteiger partial charge in [0.2, 0.25) is 5.95 Å². The maximum absolute atomic E-state index is 12.2. The molecule has 2 aliphatic heterocycles. The number of aliphatic carboxylic acids is 1. The minimum atomic E-state index is -0.874. The summed E-state index contributed by atoms with van der Waals surface area (Å²) >= 11 is 0. The third-order valence-electron chi connectivity index (χ3n) is 4.33. The number of carboxylic acids is 1. The molecule has 1 fully saturated rings. The molecule has 1 aromatic rings. The molecule has 0 radical (unpaired) electrons. The van der Waals surface area contributed by atoms with E-state index in [1.54, 1.807) is 11.1 Å². The van der Waals surface area contributed by atoms with Crippen LogP contribution in [0.2, 0.25) is 0 Å². The van der Waals surface area contributed by atoms with Gasteiger partial charge in [-0.2, -0.15) is 0 Å². The first kappa shape index (κ1) is 18.4. The standard InChI is InChI=1S/C17H25N5O4/c1-17(2,3)26-16(25)22-6-4-12-11(9-22)8-19-15(20-12)21-7-5-18-13(10-21)14(23)24/h8,13,18H,4-7,9-10H2,1-3H3,(H,23,24)/t13-/m0/s1. The van der Waals surface area contributed by atoms with Crippen molar-refractivity contribution in [3.63, 3.8) is 0 Å². The number of rotatable bonds is 2. The lowest BCUT2D eigenvalue weighted by molar-refractivity contribution is -0.139. The third kappa shape index (κ3) is 4.21. The molecular weight excluding hydrogens is 338 g/mol. The molecule has 0 spiro atoms. The average Bonchev–Trinajstić information content (AvgIpc) is 2.59. The Kier molecular flexibility index (Phi) is 4.99. The maximum Gasteiger partial charge on any atom is 0.410 e. The topological polar surface area (TPSA) is 108 Å². The monoisotopic (exact) mass is 363 g/mol. The van der Waals surface area contributed by atoms with Crippen LogP contribution in [-0.4, -0.2) is 69.9 Å². The average molecular weight is 363 g/mol. The highest BCUT2D eigenvalue weighted by Crippen LogP contribution is 2.21. The van der Waals surface area contributed by atoms with Gasteiger partial charge in [-0.05, 0) is 20.8 Å². The summed E-state index contributed by atoms with van der Waals surface area (Å²) in [7, 11) is 0. The zero-order chi connectivity index (χ0) is 18.9. The van der Waals surface area contributed by atoms with Crippen molar-refractivity contribution in [3.8, 4) is 0 Å². The highest BCUT2D eigenvalue weighted by molar-refractivity contribution is 5.74. The van der Waals surface area contributed by atoms with E-state index in [1.165, 1.54) is 0 Å². The Balaban J connectivity index is 1.69. The molecular formula is C17H25N5O4. The molecule has 1 aromatic heterocycles. The van der Waals surface area contributed by atoms with Crippen molar-refractivity contribution in [2.24, 2.45) is 0 Å². The van der Waals surface area contributed by atoms with E-state index in [0.717, 1.165) is 11.3 Å². The van der Waals surface area contributed by atoms with Gasteiger partial charge in [-0.1, -0.05) is 0 Å². The van der Waals surface area contributed by atoms with Gasteiger partial charge >= 0.3 is 12.1 Å². The first-order chi connectivity index (χ1) is 12.2. The predicted molar refractivity (Wildman–Crippen MR) is 94.0 cm³/mol. The molecule has 0 unspecified atom stereocenters. The maximum atomic E-state index is 12.2. The molecule has 0 aliphatic carbocycles. The molecule has 9 nitrogen and oxygen atoms in total. The number of nitrogens with one attached hydrogen (secondary N) is 1. The van der Waals surface area contributed by atoms with Crippen molar-refractivity contribution in [1.29, 1.82) is 0 Å². The van der Waals surface area contributed by atoms with Crippen molar-refractivity contribution < 1.29 is 19.4 Å². The van der Waals surface area contributed by atoms with Crippen molar-refractivity contribution in [3.05, 3.63) is 17.5 Å². The van der Waals surface area contributed by atoms with Crippen LogP contribution in [-0.2, 0) is 22.5 Å². The Morgan fingerprint density at radius 2 is 2.12 bits per heavy atom. The van der Waals surface area contributed by atoms with E-state index >= 15 is 0 Å². The molecule has 9 heteroatoms. The molecule has 142 valence electrons. The fourth-order valence-electron chi connectivity index (χ4n) is 3.04. The Morgan fingerprint density at radius 3 is 2.81 bits per heavy atom. The van der Waals surface area contributed by atoms with E-state index in [1.807, 2.05) is 25.7 Å². The molecule has 1 atom stereocenters. The van der Waals surface area contributed by atoms with Gasteiger partial charge in [-0.25, -0.2) is 14.8 Å². The van der Waals surface area contributed by atoms with Crippen molar-refractivity contribution in [2.75, 3.05) is 31.1 Å². The van der Waals surface area contributed by atoms with Crippen LogP contribution in [0.15, 0.2) is 6.20 Å². The zero-order valence-corrected chi connectivity index (χ0v) is 15.4. The predicted octanol–water partition coefficient (Wildman–Crippen LogP) is 0.633. The lowest BCUT2D eigenvalue weighted by Gasteiger charge is -2.33. The van der Waals surface area contributed by atoms with Gasteiger partial charge in [0.05, 0.1) is 12.2 Å². The summed E-state index contributed by atoms with van der Waals surface area (Å²) in [5.41, 5.74) is 1.27. The number of nitrogens with zero attached hydrogens (tertiary/aromatic N) is 4. The number of piperazine rings is 1. The number of carbonyl (C=O) groups excluding carboxylic acids is 1. The normalized spacial score (nSPS) is 20.5. The molecule has 2 aliphatic rings. The Morgan fingerprint density at radius 1 is 1.35 bits per heavy atom. The highest BCUT2D eigenvalue weighted by atomic mass is 16.6. The molecule has 1 saturated heterocycles. The number of anilines is 1. The van der Waals surface area contributed by atoms with Crippen molar-refractivity contribution in [1.82, 2.24) is 20.2 Å².